The lowest BCUT2D eigenvalue weighted by Crippen LogP contribution is -2.67. The minimum Gasteiger partial charge on any atom is -0.404 e. The van der Waals surface area contributed by atoms with Crippen molar-refractivity contribution in [2.45, 2.75) is 65.5 Å². The van der Waals surface area contributed by atoms with Crippen LogP contribution in [0.4, 0.5) is 0 Å². The molecule has 4 aromatic rings. The van der Waals surface area contributed by atoms with Crippen molar-refractivity contribution in [2.75, 3.05) is 0 Å². The lowest BCUT2D eigenvalue weighted by Gasteiger charge is -2.45. The first kappa shape index (κ1) is 33.4. The highest BCUT2D eigenvalue weighted by Crippen LogP contribution is 2.39. The summed E-state index contributed by atoms with van der Waals surface area (Å²) in [6.45, 7) is 10.2. The SMILES string of the molecule is C=C=CCC(CCC(S(=O)(=O)c1ccccc1)S(=O)(=O)c1ccccc1)O[Si](c1ccccc1)(c1ccccc1)C(C)(C)C. The van der Waals surface area contributed by atoms with Gasteiger partial charge in [0.2, 0.25) is 0 Å². The van der Waals surface area contributed by atoms with Gasteiger partial charge < -0.3 is 4.43 Å². The molecule has 1 unspecified atom stereocenters. The van der Waals surface area contributed by atoms with Gasteiger partial charge in [-0.15, -0.1) is 5.73 Å². The maximum absolute atomic E-state index is 14.0. The summed E-state index contributed by atoms with van der Waals surface area (Å²) in [5, 5.41) is 1.84. The van der Waals surface area contributed by atoms with Gasteiger partial charge in [-0.2, -0.15) is 0 Å². The van der Waals surface area contributed by atoms with Crippen LogP contribution in [0, 0.1) is 0 Å². The van der Waals surface area contributed by atoms with Gasteiger partial charge in [0, 0.05) is 6.10 Å². The fraction of sp³-hybridized carbons (Fsp3) is 0.250. The molecule has 0 aliphatic carbocycles. The van der Waals surface area contributed by atoms with Gasteiger partial charge in [-0.3, -0.25) is 0 Å². The minimum absolute atomic E-state index is 0.0278. The Morgan fingerprint density at radius 2 is 1.07 bits per heavy atom. The molecule has 8 heteroatoms. The highest BCUT2D eigenvalue weighted by molar-refractivity contribution is 8.09. The van der Waals surface area contributed by atoms with Crippen LogP contribution in [0.15, 0.2) is 150 Å². The number of benzene rings is 4. The maximum atomic E-state index is 14.0. The molecule has 0 spiro atoms. The Morgan fingerprint density at radius 3 is 1.43 bits per heavy atom. The predicted molar refractivity (Wildman–Crippen MR) is 181 cm³/mol. The molecule has 44 heavy (non-hydrogen) atoms. The van der Waals surface area contributed by atoms with E-state index in [0.29, 0.717) is 6.42 Å². The quantitative estimate of drug-likeness (QED) is 0.119. The van der Waals surface area contributed by atoms with Gasteiger partial charge in [-0.05, 0) is 65.0 Å². The molecule has 0 amide bonds. The molecular formula is C36H40O5S2Si. The standard InChI is InChI=1S/C36H40O5S2Si/c1-5-6-19-30(41-44(36(2,3)4,33-24-15-9-16-25-33)34-26-17-10-18-27-34)28-29-35(42(37,38)31-20-11-7-12-21-31)43(39,40)32-22-13-8-14-23-32/h6-18,20-27,30,35H,1,19,28-29H2,2-4H3. The van der Waals surface area contributed by atoms with E-state index in [0.717, 1.165) is 10.4 Å². The van der Waals surface area contributed by atoms with Crippen LogP contribution in [0.25, 0.3) is 0 Å². The van der Waals surface area contributed by atoms with Crippen molar-refractivity contribution in [3.8, 4) is 0 Å². The second-order valence-electron chi connectivity index (χ2n) is 11.8. The fourth-order valence-electron chi connectivity index (χ4n) is 5.70. The molecule has 0 N–H and O–H groups in total. The second-order valence-corrected chi connectivity index (χ2v) is 20.6. The van der Waals surface area contributed by atoms with Crippen LogP contribution in [-0.2, 0) is 24.1 Å². The minimum atomic E-state index is -4.27. The molecule has 1 atom stereocenters. The van der Waals surface area contributed by atoms with Crippen molar-refractivity contribution in [2.24, 2.45) is 0 Å². The molecule has 0 aliphatic heterocycles. The lowest BCUT2D eigenvalue weighted by molar-refractivity contribution is 0.178. The second kappa shape index (κ2) is 14.1. The molecule has 0 bridgehead atoms. The molecule has 0 aliphatic rings. The summed E-state index contributed by atoms with van der Waals surface area (Å²) in [6.07, 6.45) is 1.70. The van der Waals surface area contributed by atoms with E-state index in [9.17, 15) is 16.8 Å². The summed E-state index contributed by atoms with van der Waals surface area (Å²) in [7, 11) is -11.6. The van der Waals surface area contributed by atoms with E-state index in [1.807, 2.05) is 36.4 Å². The van der Waals surface area contributed by atoms with Crippen LogP contribution >= 0.6 is 0 Å². The highest BCUT2D eigenvalue weighted by Gasteiger charge is 2.51. The topological polar surface area (TPSA) is 77.5 Å². The van der Waals surface area contributed by atoms with Crippen LogP contribution in [0.2, 0.25) is 5.04 Å². The van der Waals surface area contributed by atoms with Gasteiger partial charge in [0.25, 0.3) is 8.32 Å². The number of rotatable bonds is 13. The van der Waals surface area contributed by atoms with Crippen molar-refractivity contribution >= 4 is 38.4 Å². The first-order valence-corrected chi connectivity index (χ1v) is 19.7. The zero-order valence-corrected chi connectivity index (χ0v) is 28.1. The van der Waals surface area contributed by atoms with Crippen molar-refractivity contribution in [3.05, 3.63) is 140 Å². The van der Waals surface area contributed by atoms with Crippen molar-refractivity contribution in [1.82, 2.24) is 0 Å². The van der Waals surface area contributed by atoms with Gasteiger partial charge in [0.1, 0.15) is 0 Å². The average molecular weight is 645 g/mol. The third-order valence-corrected chi connectivity index (χ3v) is 18.2. The molecule has 0 radical (unpaired) electrons. The Morgan fingerprint density at radius 1 is 0.682 bits per heavy atom. The normalized spacial score (nSPS) is 13.3. The number of hydrogen-bond acceptors (Lipinski definition) is 5. The molecule has 230 valence electrons. The lowest BCUT2D eigenvalue weighted by atomic mass is 10.1. The Bertz CT molecular complexity index is 1650. The van der Waals surface area contributed by atoms with Crippen LogP contribution in [0.1, 0.15) is 40.0 Å². The van der Waals surface area contributed by atoms with Gasteiger partial charge in [-0.25, -0.2) is 16.8 Å². The summed E-state index contributed by atoms with van der Waals surface area (Å²) in [4.78, 5) is -0.0557. The maximum Gasteiger partial charge on any atom is 0.261 e. The van der Waals surface area contributed by atoms with E-state index in [1.165, 1.54) is 24.3 Å². The zero-order chi connectivity index (χ0) is 31.8. The Kier molecular flexibility index (Phi) is 10.7. The van der Waals surface area contributed by atoms with Crippen molar-refractivity contribution in [1.29, 1.82) is 0 Å². The molecule has 4 rings (SSSR count). The fourth-order valence-corrected chi connectivity index (χ4v) is 15.0. The third-order valence-electron chi connectivity index (χ3n) is 7.85. The monoisotopic (exact) mass is 644 g/mol. The van der Waals surface area contributed by atoms with Crippen molar-refractivity contribution in [3.63, 3.8) is 0 Å². The Hall–Kier alpha value is -3.52. The largest absolute Gasteiger partial charge is 0.404 e. The molecule has 0 heterocycles. The average Bonchev–Trinajstić information content (AvgIpc) is 3.03. The third kappa shape index (κ3) is 7.06. The Balaban J connectivity index is 1.82. The summed E-state index contributed by atoms with van der Waals surface area (Å²) >= 11 is 0. The molecule has 4 aromatic carbocycles. The van der Waals surface area contributed by atoms with Crippen LogP contribution in [0.3, 0.4) is 0 Å². The molecule has 0 fully saturated rings. The predicted octanol–water partition coefficient (Wildman–Crippen LogP) is 6.72. The van der Waals surface area contributed by atoms with Gasteiger partial charge >= 0.3 is 0 Å². The Labute approximate surface area is 263 Å². The molecule has 0 saturated carbocycles. The molecule has 0 saturated heterocycles. The summed E-state index contributed by atoms with van der Waals surface area (Å²) in [5.41, 5.74) is 2.83. The summed E-state index contributed by atoms with van der Waals surface area (Å²) < 4.78 is 61.7. The van der Waals surface area contributed by atoms with Crippen LogP contribution in [0.5, 0.6) is 0 Å². The smallest absolute Gasteiger partial charge is 0.261 e. The zero-order valence-electron chi connectivity index (χ0n) is 25.5. The molecule has 5 nitrogen and oxygen atoms in total. The van der Waals surface area contributed by atoms with Crippen molar-refractivity contribution < 1.29 is 21.3 Å². The van der Waals surface area contributed by atoms with E-state index >= 15 is 0 Å². The van der Waals surface area contributed by atoms with E-state index in [2.05, 4.69) is 57.3 Å². The number of sulfone groups is 2. The molecule has 0 aromatic heterocycles. The van der Waals surface area contributed by atoms with E-state index < -0.39 is 38.7 Å². The summed E-state index contributed by atoms with van der Waals surface area (Å²) in [6, 6.07) is 35.9. The van der Waals surface area contributed by atoms with Crippen LogP contribution in [-0.4, -0.2) is 35.8 Å². The van der Waals surface area contributed by atoms with E-state index in [4.69, 9.17) is 4.43 Å². The first-order valence-electron chi connectivity index (χ1n) is 14.7. The summed E-state index contributed by atoms with van der Waals surface area (Å²) in [5.74, 6) is 0. The number of hydrogen-bond donors (Lipinski definition) is 0. The van der Waals surface area contributed by atoms with Gasteiger partial charge in [-0.1, -0.05) is 124 Å². The van der Waals surface area contributed by atoms with E-state index in [1.54, 1.807) is 42.5 Å². The van der Waals surface area contributed by atoms with E-state index in [-0.39, 0.29) is 27.7 Å². The molecular weight excluding hydrogens is 605 g/mol. The highest BCUT2D eigenvalue weighted by atomic mass is 32.3. The first-order chi connectivity index (χ1) is 20.9. The van der Waals surface area contributed by atoms with Gasteiger partial charge in [0.15, 0.2) is 24.3 Å². The van der Waals surface area contributed by atoms with Crippen LogP contribution < -0.4 is 10.4 Å². The van der Waals surface area contributed by atoms with Gasteiger partial charge in [0.05, 0.1) is 9.79 Å².